The zero-order valence-electron chi connectivity index (χ0n) is 20.3. The molecule has 12 heteroatoms. The third-order valence-corrected chi connectivity index (χ3v) is 7.48. The maximum Gasteiger partial charge on any atom is 0.360 e. The quantitative estimate of drug-likeness (QED) is 0.161. The summed E-state index contributed by atoms with van der Waals surface area (Å²) in [4.78, 5) is 30.6. The Balaban J connectivity index is 1.68. The Kier molecular flexibility index (Phi) is 8.56. The number of amides is 1. The van der Waals surface area contributed by atoms with Gasteiger partial charge in [-0.3, -0.25) is 14.1 Å². The average Bonchev–Trinajstić information content (AvgIpc) is 3.62. The second kappa shape index (κ2) is 12.0. The van der Waals surface area contributed by atoms with Crippen molar-refractivity contribution in [2.75, 3.05) is 18.0 Å². The summed E-state index contributed by atoms with van der Waals surface area (Å²) in [6, 6.07) is 19.3. The lowest BCUT2D eigenvalue weighted by molar-refractivity contribution is -0.150. The van der Waals surface area contributed by atoms with Crippen molar-refractivity contribution in [3.8, 4) is 10.8 Å². The Morgan fingerprint density at radius 1 is 1.08 bits per heavy atom. The molecular formula is C26H25N3O7S2. The molecule has 0 saturated heterocycles. The number of carbonyl (C=O) groups excluding carboxylic acids is 2. The molecule has 0 radical (unpaired) electrons. The summed E-state index contributed by atoms with van der Waals surface area (Å²) in [5, 5.41) is 4.92. The van der Waals surface area contributed by atoms with Crippen molar-refractivity contribution < 1.29 is 31.7 Å². The molecule has 38 heavy (non-hydrogen) atoms. The molecule has 1 amide bonds. The first-order valence-corrected chi connectivity index (χ1v) is 13.8. The number of aromatic nitrogens is 1. The Labute approximate surface area is 223 Å². The van der Waals surface area contributed by atoms with Crippen LogP contribution in [0.15, 0.2) is 88.9 Å². The van der Waals surface area contributed by atoms with Crippen LogP contribution in [0.25, 0.3) is 10.8 Å². The molecule has 0 fully saturated rings. The molecule has 0 aliphatic carbocycles. The minimum atomic E-state index is -4.74. The molecule has 0 spiro atoms. The summed E-state index contributed by atoms with van der Waals surface area (Å²) in [6.07, 6.45) is 1.57. The molecule has 2 heterocycles. The number of para-hydroxylation sites is 1. The van der Waals surface area contributed by atoms with Crippen LogP contribution in [0, 0.1) is 5.92 Å². The zero-order valence-corrected chi connectivity index (χ0v) is 21.9. The third-order valence-electron chi connectivity index (χ3n) is 5.68. The number of ether oxygens (including phenoxy) is 1. The molecule has 4 aromatic rings. The number of methoxy groups -OCH3 is 1. The molecule has 2 atom stereocenters. The topological polar surface area (TPSA) is 139 Å². The van der Waals surface area contributed by atoms with Gasteiger partial charge < -0.3 is 14.5 Å². The Hall–Kier alpha value is -4.00. The van der Waals surface area contributed by atoms with Gasteiger partial charge in [-0.25, -0.2) is 9.29 Å². The number of esters is 1. The summed E-state index contributed by atoms with van der Waals surface area (Å²) >= 11 is 1.24. The van der Waals surface area contributed by atoms with Crippen molar-refractivity contribution in [3.05, 3.63) is 95.7 Å². The van der Waals surface area contributed by atoms with E-state index in [1.54, 1.807) is 60.0 Å². The van der Waals surface area contributed by atoms with E-state index in [1.807, 2.05) is 6.07 Å². The number of nitrogens with zero attached hydrogens (tertiary/aromatic N) is 2. The van der Waals surface area contributed by atoms with Gasteiger partial charge in [0.15, 0.2) is 10.8 Å². The van der Waals surface area contributed by atoms with E-state index >= 15 is 0 Å². The summed E-state index contributed by atoms with van der Waals surface area (Å²) in [7, 11) is -3.54. The van der Waals surface area contributed by atoms with Crippen molar-refractivity contribution >= 4 is 39.2 Å². The van der Waals surface area contributed by atoms with Crippen molar-refractivity contribution in [3.63, 3.8) is 0 Å². The van der Waals surface area contributed by atoms with Crippen LogP contribution >= 0.6 is 11.3 Å². The molecule has 0 aliphatic heterocycles. The highest BCUT2D eigenvalue weighted by atomic mass is 32.2. The predicted octanol–water partition coefficient (Wildman–Crippen LogP) is 3.90. The summed E-state index contributed by atoms with van der Waals surface area (Å²) in [5.41, 5.74) is 1.25. The van der Waals surface area contributed by atoms with Gasteiger partial charge in [0.1, 0.15) is 5.92 Å². The van der Waals surface area contributed by atoms with Gasteiger partial charge in [0.05, 0.1) is 37.3 Å². The highest BCUT2D eigenvalue weighted by Gasteiger charge is 2.33. The molecule has 2 aromatic heterocycles. The predicted molar refractivity (Wildman–Crippen MR) is 142 cm³/mol. The monoisotopic (exact) mass is 555 g/mol. The summed E-state index contributed by atoms with van der Waals surface area (Å²) < 4.78 is 45.8. The highest BCUT2D eigenvalue weighted by Crippen LogP contribution is 2.29. The SMILES string of the molecule is COC(=O)[C@@H](Cc1ccccc1)C(=O)N[C@@H](CN(c1ccccc1)S(=O)(=O)O)c1csc(-c2ccco2)n1. The Bertz CT molecular complexity index is 1460. The van der Waals surface area contributed by atoms with Crippen LogP contribution in [-0.2, 0) is 31.1 Å². The van der Waals surface area contributed by atoms with Gasteiger partial charge in [0.25, 0.3) is 0 Å². The summed E-state index contributed by atoms with van der Waals surface area (Å²) in [6.45, 7) is -0.394. The molecule has 10 nitrogen and oxygen atoms in total. The van der Waals surface area contributed by atoms with Gasteiger partial charge in [-0.1, -0.05) is 48.5 Å². The Morgan fingerprint density at radius 2 is 1.76 bits per heavy atom. The lowest BCUT2D eigenvalue weighted by Crippen LogP contribution is -2.44. The van der Waals surface area contributed by atoms with Crippen LogP contribution in [0.2, 0.25) is 0 Å². The molecule has 4 rings (SSSR count). The number of furan rings is 1. The molecular weight excluding hydrogens is 530 g/mol. The van der Waals surface area contributed by atoms with Crippen molar-refractivity contribution in [2.24, 2.45) is 5.92 Å². The van der Waals surface area contributed by atoms with E-state index in [4.69, 9.17) is 9.15 Å². The van der Waals surface area contributed by atoms with Crippen LogP contribution in [0.4, 0.5) is 5.69 Å². The normalized spacial score (nSPS) is 12.9. The van der Waals surface area contributed by atoms with E-state index in [2.05, 4.69) is 10.3 Å². The molecule has 2 N–H and O–H groups in total. The van der Waals surface area contributed by atoms with Crippen molar-refractivity contribution in [2.45, 2.75) is 12.5 Å². The van der Waals surface area contributed by atoms with Crippen LogP contribution in [0.5, 0.6) is 0 Å². The molecule has 198 valence electrons. The number of carbonyl (C=O) groups is 2. The van der Waals surface area contributed by atoms with E-state index < -0.39 is 40.7 Å². The third kappa shape index (κ3) is 6.65. The number of hydrogen-bond donors (Lipinski definition) is 2. The van der Waals surface area contributed by atoms with E-state index in [9.17, 15) is 22.6 Å². The second-order valence-electron chi connectivity index (χ2n) is 8.23. The maximum atomic E-state index is 13.4. The minimum absolute atomic E-state index is 0.0709. The fourth-order valence-electron chi connectivity index (χ4n) is 3.81. The Morgan fingerprint density at radius 3 is 2.37 bits per heavy atom. The van der Waals surface area contributed by atoms with E-state index in [0.29, 0.717) is 16.5 Å². The minimum Gasteiger partial charge on any atom is -0.468 e. The van der Waals surface area contributed by atoms with Crippen molar-refractivity contribution in [1.29, 1.82) is 0 Å². The van der Waals surface area contributed by atoms with Gasteiger partial charge in [-0.15, -0.1) is 11.3 Å². The van der Waals surface area contributed by atoms with E-state index in [1.165, 1.54) is 36.8 Å². The van der Waals surface area contributed by atoms with Gasteiger partial charge in [0, 0.05) is 5.38 Å². The van der Waals surface area contributed by atoms with Crippen LogP contribution < -0.4 is 9.62 Å². The molecule has 0 saturated carbocycles. The largest absolute Gasteiger partial charge is 0.468 e. The first-order chi connectivity index (χ1) is 18.3. The molecule has 0 bridgehead atoms. The lowest BCUT2D eigenvalue weighted by atomic mass is 9.98. The number of nitrogens with one attached hydrogen (secondary N) is 1. The van der Waals surface area contributed by atoms with E-state index in [0.717, 1.165) is 9.87 Å². The zero-order chi connectivity index (χ0) is 27.1. The maximum absolute atomic E-state index is 13.4. The average molecular weight is 556 g/mol. The molecule has 0 aliphatic rings. The highest BCUT2D eigenvalue weighted by molar-refractivity contribution is 7.87. The van der Waals surface area contributed by atoms with Gasteiger partial charge >= 0.3 is 16.3 Å². The van der Waals surface area contributed by atoms with Crippen LogP contribution in [0.3, 0.4) is 0 Å². The van der Waals surface area contributed by atoms with E-state index in [-0.39, 0.29) is 12.1 Å². The van der Waals surface area contributed by atoms with Crippen LogP contribution in [-0.4, -0.2) is 43.5 Å². The fourth-order valence-corrected chi connectivity index (χ4v) is 5.38. The van der Waals surface area contributed by atoms with Crippen molar-refractivity contribution in [1.82, 2.24) is 10.3 Å². The first kappa shape index (κ1) is 27.0. The number of rotatable bonds is 11. The molecule has 2 aromatic carbocycles. The standard InChI is InChI=1S/C26H25N3O7S2/c1-35-26(31)20(15-18-9-4-2-5-10-18)24(30)27-21(22-17-37-25(28-22)23-13-8-14-36-23)16-29(38(32,33)34)19-11-6-3-7-12-19/h2-14,17,20-21H,15-16H2,1H3,(H,27,30)(H,32,33,34)/t20-,21-/m0/s1. The molecule has 0 unspecified atom stereocenters. The number of hydrogen-bond acceptors (Lipinski definition) is 8. The van der Waals surface area contributed by atoms with Crippen LogP contribution in [0.1, 0.15) is 17.3 Å². The van der Waals surface area contributed by atoms with Gasteiger partial charge in [-0.05, 0) is 36.2 Å². The summed E-state index contributed by atoms with van der Waals surface area (Å²) in [5.74, 6) is -2.13. The van der Waals surface area contributed by atoms with Gasteiger partial charge in [0.2, 0.25) is 5.91 Å². The number of thiazole rings is 1. The fraction of sp³-hybridized carbons (Fsp3) is 0.192. The number of anilines is 1. The first-order valence-electron chi connectivity index (χ1n) is 11.5. The smallest absolute Gasteiger partial charge is 0.360 e. The number of benzene rings is 2. The lowest BCUT2D eigenvalue weighted by Gasteiger charge is -2.27. The second-order valence-corrected chi connectivity index (χ2v) is 10.4. The van der Waals surface area contributed by atoms with Gasteiger partial charge in [-0.2, -0.15) is 8.42 Å².